The molecule has 8 nitrogen and oxygen atoms in total. The largest absolute Gasteiger partial charge is 0.353 e. The normalized spacial score (nSPS) is 22.2. The van der Waals surface area contributed by atoms with E-state index in [0.717, 1.165) is 13.1 Å². The lowest BCUT2D eigenvalue weighted by Gasteiger charge is -2.45. The summed E-state index contributed by atoms with van der Waals surface area (Å²) in [6.45, 7) is 3.86. The minimum atomic E-state index is -0.926. The van der Waals surface area contributed by atoms with E-state index in [4.69, 9.17) is 16.3 Å². The Labute approximate surface area is 216 Å². The van der Waals surface area contributed by atoms with Crippen molar-refractivity contribution in [3.05, 3.63) is 70.7 Å². The molecule has 2 aromatic rings. The predicted molar refractivity (Wildman–Crippen MR) is 136 cm³/mol. The maximum atomic E-state index is 13.8. The molecule has 0 saturated carbocycles. The van der Waals surface area contributed by atoms with E-state index < -0.39 is 11.8 Å². The van der Waals surface area contributed by atoms with Gasteiger partial charge in [0.05, 0.1) is 6.61 Å². The minimum absolute atomic E-state index is 0.0679. The van der Waals surface area contributed by atoms with E-state index in [1.165, 1.54) is 0 Å². The number of amides is 3. The third-order valence-electron chi connectivity index (χ3n) is 7.50. The first-order chi connectivity index (χ1) is 17.4. The summed E-state index contributed by atoms with van der Waals surface area (Å²) in [6.07, 6.45) is 0.870. The van der Waals surface area contributed by atoms with E-state index in [2.05, 4.69) is 4.90 Å². The van der Waals surface area contributed by atoms with Gasteiger partial charge in [-0.3, -0.25) is 19.3 Å². The monoisotopic (exact) mass is 510 g/mol. The van der Waals surface area contributed by atoms with Gasteiger partial charge in [0.1, 0.15) is 11.8 Å². The van der Waals surface area contributed by atoms with Gasteiger partial charge < -0.3 is 19.4 Å². The number of hydrogen-bond acceptors (Lipinski definition) is 5. The van der Waals surface area contributed by atoms with E-state index in [1.54, 1.807) is 46.2 Å². The molecule has 3 aliphatic heterocycles. The Kier molecular flexibility index (Phi) is 7.01. The maximum absolute atomic E-state index is 13.8. The van der Waals surface area contributed by atoms with Gasteiger partial charge in [0.15, 0.2) is 0 Å². The molecule has 9 heteroatoms. The lowest BCUT2D eigenvalue weighted by molar-refractivity contribution is -0.139. The van der Waals surface area contributed by atoms with Crippen molar-refractivity contribution in [1.29, 1.82) is 0 Å². The molecule has 0 aromatic heterocycles. The van der Waals surface area contributed by atoms with Crippen LogP contribution in [0.5, 0.6) is 0 Å². The number of nitrogens with zero attached hydrogens (tertiary/aromatic N) is 4. The number of carbonyl (C=O) groups is 3. The fraction of sp³-hybridized carbons (Fsp3) is 0.444. The second kappa shape index (κ2) is 10.2. The molecule has 3 saturated heterocycles. The SMILES string of the molecule is CN1CCN(C(=O)[C@H]2COC3(CCN(C(=O)c4cccc(Cl)c4)CC3)N2C(=O)c2ccccc2)CC1. The first-order valence-corrected chi connectivity index (χ1v) is 12.8. The quantitative estimate of drug-likeness (QED) is 0.634. The summed E-state index contributed by atoms with van der Waals surface area (Å²) in [5, 5.41) is 0.512. The van der Waals surface area contributed by atoms with Crippen molar-refractivity contribution in [3.8, 4) is 0 Å². The Hall–Kier alpha value is -2.94. The summed E-state index contributed by atoms with van der Waals surface area (Å²) in [5.74, 6) is -0.381. The van der Waals surface area contributed by atoms with Gasteiger partial charge in [-0.2, -0.15) is 0 Å². The Morgan fingerprint density at radius 3 is 2.17 bits per heavy atom. The topological polar surface area (TPSA) is 73.4 Å². The third kappa shape index (κ3) is 4.73. The van der Waals surface area contributed by atoms with Crippen LogP contribution < -0.4 is 0 Å². The first kappa shape index (κ1) is 24.7. The second-order valence-corrected chi connectivity index (χ2v) is 10.2. The molecular weight excluding hydrogens is 480 g/mol. The Bertz CT molecular complexity index is 1130. The van der Waals surface area contributed by atoms with Crippen LogP contribution in [0.15, 0.2) is 54.6 Å². The van der Waals surface area contributed by atoms with Crippen LogP contribution >= 0.6 is 11.6 Å². The highest BCUT2D eigenvalue weighted by molar-refractivity contribution is 6.30. The van der Waals surface area contributed by atoms with Crippen molar-refractivity contribution in [3.63, 3.8) is 0 Å². The molecule has 3 amide bonds. The molecule has 190 valence electrons. The van der Waals surface area contributed by atoms with E-state index in [9.17, 15) is 14.4 Å². The van der Waals surface area contributed by atoms with E-state index in [-0.39, 0.29) is 24.3 Å². The lowest BCUT2D eigenvalue weighted by atomic mass is 9.96. The van der Waals surface area contributed by atoms with Crippen LogP contribution in [0.1, 0.15) is 33.6 Å². The van der Waals surface area contributed by atoms with E-state index in [1.807, 2.05) is 30.1 Å². The number of benzene rings is 2. The summed E-state index contributed by atoms with van der Waals surface area (Å²) >= 11 is 6.08. The van der Waals surface area contributed by atoms with E-state index >= 15 is 0 Å². The predicted octanol–water partition coefficient (Wildman–Crippen LogP) is 2.59. The number of piperazine rings is 1. The summed E-state index contributed by atoms with van der Waals surface area (Å²) in [4.78, 5) is 48.0. The van der Waals surface area contributed by atoms with Crippen LogP contribution in [0.3, 0.4) is 0 Å². The smallest absolute Gasteiger partial charge is 0.256 e. The number of likely N-dealkylation sites (tertiary alicyclic amines) is 1. The molecule has 36 heavy (non-hydrogen) atoms. The average Bonchev–Trinajstić information content (AvgIpc) is 3.27. The number of likely N-dealkylation sites (N-methyl/N-ethyl adjacent to an activating group) is 1. The van der Waals surface area contributed by atoms with Gasteiger partial charge in [0.2, 0.25) is 5.91 Å². The van der Waals surface area contributed by atoms with Crippen LogP contribution in [0.4, 0.5) is 0 Å². The molecule has 3 aliphatic rings. The fourth-order valence-corrected chi connectivity index (χ4v) is 5.57. The molecule has 2 aromatic carbocycles. The molecule has 1 spiro atoms. The van der Waals surface area contributed by atoms with Gasteiger partial charge >= 0.3 is 0 Å². The number of halogens is 1. The van der Waals surface area contributed by atoms with Crippen molar-refractivity contribution < 1.29 is 19.1 Å². The molecule has 0 radical (unpaired) electrons. The highest BCUT2D eigenvalue weighted by atomic mass is 35.5. The number of piperidine rings is 1. The van der Waals surface area contributed by atoms with Crippen molar-refractivity contribution in [1.82, 2.24) is 19.6 Å². The zero-order chi connectivity index (χ0) is 25.3. The van der Waals surface area contributed by atoms with Crippen LogP contribution in [-0.2, 0) is 9.53 Å². The van der Waals surface area contributed by atoms with Crippen LogP contribution in [0.25, 0.3) is 0 Å². The number of rotatable bonds is 3. The van der Waals surface area contributed by atoms with Gasteiger partial charge in [-0.05, 0) is 37.4 Å². The van der Waals surface area contributed by atoms with Gasteiger partial charge in [-0.25, -0.2) is 0 Å². The molecule has 0 bridgehead atoms. The van der Waals surface area contributed by atoms with Gasteiger partial charge in [-0.15, -0.1) is 0 Å². The first-order valence-electron chi connectivity index (χ1n) is 12.4. The highest BCUT2D eigenvalue weighted by Crippen LogP contribution is 2.39. The Morgan fingerprint density at radius 2 is 1.50 bits per heavy atom. The van der Waals surface area contributed by atoms with Gasteiger partial charge in [-0.1, -0.05) is 35.9 Å². The second-order valence-electron chi connectivity index (χ2n) is 9.75. The van der Waals surface area contributed by atoms with Crippen LogP contribution in [0.2, 0.25) is 5.02 Å². The van der Waals surface area contributed by atoms with Gasteiger partial charge in [0, 0.05) is 68.3 Å². The number of carbonyl (C=O) groups excluding carboxylic acids is 3. The van der Waals surface area contributed by atoms with Crippen molar-refractivity contribution in [2.75, 3.05) is 52.9 Å². The highest BCUT2D eigenvalue weighted by Gasteiger charge is 2.55. The van der Waals surface area contributed by atoms with Crippen molar-refractivity contribution >= 4 is 29.3 Å². The molecule has 3 heterocycles. The van der Waals surface area contributed by atoms with E-state index in [0.29, 0.717) is 55.2 Å². The maximum Gasteiger partial charge on any atom is 0.256 e. The van der Waals surface area contributed by atoms with Crippen molar-refractivity contribution in [2.24, 2.45) is 0 Å². The lowest BCUT2D eigenvalue weighted by Crippen LogP contribution is -2.61. The molecular formula is C27H31ClN4O4. The minimum Gasteiger partial charge on any atom is -0.353 e. The summed E-state index contributed by atoms with van der Waals surface area (Å²) in [7, 11) is 2.04. The van der Waals surface area contributed by atoms with Crippen LogP contribution in [-0.4, -0.2) is 102 Å². The number of ether oxygens (including phenoxy) is 1. The summed E-state index contributed by atoms with van der Waals surface area (Å²) in [6, 6.07) is 15.3. The Morgan fingerprint density at radius 1 is 0.833 bits per heavy atom. The molecule has 1 atom stereocenters. The number of hydrogen-bond donors (Lipinski definition) is 0. The molecule has 3 fully saturated rings. The van der Waals surface area contributed by atoms with Crippen LogP contribution in [0, 0.1) is 0 Å². The standard InChI is InChI=1S/C27H31ClN4O4/c1-29-14-16-31(17-15-29)26(35)23-19-36-27(32(23)25(34)20-6-3-2-4-7-20)10-12-30(13-11-27)24(33)21-8-5-9-22(28)18-21/h2-9,18,23H,10-17,19H2,1H3/t23-/m1/s1. The zero-order valence-corrected chi connectivity index (χ0v) is 21.2. The van der Waals surface area contributed by atoms with Gasteiger partial charge in [0.25, 0.3) is 11.8 Å². The average molecular weight is 511 g/mol. The van der Waals surface area contributed by atoms with Crippen molar-refractivity contribution in [2.45, 2.75) is 24.6 Å². The fourth-order valence-electron chi connectivity index (χ4n) is 5.38. The summed E-state index contributed by atoms with van der Waals surface area (Å²) < 4.78 is 6.32. The molecule has 0 unspecified atom stereocenters. The third-order valence-corrected chi connectivity index (χ3v) is 7.74. The molecule has 5 rings (SSSR count). The molecule has 0 N–H and O–H groups in total. The Balaban J connectivity index is 1.38. The zero-order valence-electron chi connectivity index (χ0n) is 20.4. The summed E-state index contributed by atoms with van der Waals surface area (Å²) in [5.41, 5.74) is 0.132. The molecule has 0 aliphatic carbocycles.